The number of fused-ring (bicyclic) bond motifs is 1. The number of nitrogens with zero attached hydrogens (tertiary/aromatic N) is 1. The number of amides is 2. The third-order valence-electron chi connectivity index (χ3n) is 6.08. The van der Waals surface area contributed by atoms with Gasteiger partial charge < -0.3 is 20.9 Å². The first kappa shape index (κ1) is 24.7. The fourth-order valence-electron chi connectivity index (χ4n) is 4.17. The van der Waals surface area contributed by atoms with E-state index in [1.807, 2.05) is 98.3 Å². The molecule has 0 radical (unpaired) electrons. The topological polar surface area (TPSA) is 98.9 Å². The van der Waals surface area contributed by atoms with Crippen molar-refractivity contribution in [3.8, 4) is 22.3 Å². The van der Waals surface area contributed by atoms with Crippen molar-refractivity contribution >= 4 is 34.2 Å². The molecular weight excluding hydrogens is 474 g/mol. The molecule has 0 aliphatic heterocycles. The van der Waals surface area contributed by atoms with E-state index in [1.54, 1.807) is 6.08 Å². The maximum Gasteiger partial charge on any atom is 0.255 e. The van der Waals surface area contributed by atoms with Gasteiger partial charge >= 0.3 is 0 Å². The molecule has 0 saturated heterocycles. The van der Waals surface area contributed by atoms with Crippen molar-refractivity contribution in [2.75, 3.05) is 24.2 Å². The zero-order valence-corrected chi connectivity index (χ0v) is 20.9. The number of H-pyrrole nitrogens is 1. The molecule has 0 fully saturated rings. The van der Waals surface area contributed by atoms with Crippen LogP contribution in [0.15, 0.2) is 109 Å². The first-order valence-electron chi connectivity index (χ1n) is 12.3. The highest BCUT2D eigenvalue weighted by Crippen LogP contribution is 2.32. The normalized spacial score (nSPS) is 11.1. The molecule has 0 saturated carbocycles. The molecule has 0 aliphatic carbocycles. The molecule has 0 aliphatic rings. The highest BCUT2D eigenvalue weighted by molar-refractivity contribution is 6.05. The number of nitrogens with one attached hydrogen (secondary N) is 4. The number of pyridine rings is 1. The summed E-state index contributed by atoms with van der Waals surface area (Å²) >= 11 is 0. The van der Waals surface area contributed by atoms with Crippen molar-refractivity contribution in [1.82, 2.24) is 15.3 Å². The number of hydrogen-bond acceptors (Lipinski definition) is 4. The van der Waals surface area contributed by atoms with Gasteiger partial charge in [-0.2, -0.15) is 0 Å². The van der Waals surface area contributed by atoms with E-state index in [4.69, 9.17) is 0 Å². The van der Waals surface area contributed by atoms with Gasteiger partial charge in [0, 0.05) is 58.5 Å². The van der Waals surface area contributed by atoms with Gasteiger partial charge in [0.2, 0.25) is 5.91 Å². The van der Waals surface area contributed by atoms with Crippen LogP contribution in [-0.4, -0.2) is 35.4 Å². The second-order valence-corrected chi connectivity index (χ2v) is 8.75. The third kappa shape index (κ3) is 5.69. The summed E-state index contributed by atoms with van der Waals surface area (Å²) in [7, 11) is 1.83. The number of benzene rings is 3. The smallest absolute Gasteiger partial charge is 0.255 e. The van der Waals surface area contributed by atoms with Crippen molar-refractivity contribution < 1.29 is 9.59 Å². The van der Waals surface area contributed by atoms with E-state index in [1.165, 1.54) is 6.08 Å². The SMILES string of the molecule is CNCC=CC(=O)Nc1cccc(-c2cnc3[nH]cc(-c4ccc(C(=O)Nc5ccccc5)cc4)c3c2)c1. The molecule has 3 aromatic carbocycles. The molecule has 38 heavy (non-hydrogen) atoms. The predicted molar refractivity (Wildman–Crippen MR) is 153 cm³/mol. The number of hydrogen-bond donors (Lipinski definition) is 4. The van der Waals surface area contributed by atoms with Crippen molar-refractivity contribution in [3.63, 3.8) is 0 Å². The molecular formula is C31H27N5O2. The van der Waals surface area contributed by atoms with Crippen LogP contribution in [0.1, 0.15) is 10.4 Å². The second kappa shape index (κ2) is 11.4. The number of aromatic amines is 1. The van der Waals surface area contributed by atoms with Crippen LogP contribution in [-0.2, 0) is 4.79 Å². The van der Waals surface area contributed by atoms with Gasteiger partial charge in [-0.3, -0.25) is 9.59 Å². The Labute approximate surface area is 220 Å². The Bertz CT molecular complexity index is 1600. The van der Waals surface area contributed by atoms with Crippen LogP contribution >= 0.6 is 0 Å². The van der Waals surface area contributed by atoms with E-state index in [0.717, 1.165) is 39.0 Å². The number of aromatic nitrogens is 2. The predicted octanol–water partition coefficient (Wildman–Crippen LogP) is 5.86. The number of likely N-dealkylation sites (N-methyl/N-ethyl adjacent to an activating group) is 1. The molecule has 5 aromatic rings. The molecule has 2 aromatic heterocycles. The Hall–Kier alpha value is -5.01. The molecule has 2 amide bonds. The molecule has 188 valence electrons. The van der Waals surface area contributed by atoms with Crippen LogP contribution in [0.2, 0.25) is 0 Å². The number of para-hydroxylation sites is 1. The second-order valence-electron chi connectivity index (χ2n) is 8.75. The molecule has 0 bridgehead atoms. The average Bonchev–Trinajstić information content (AvgIpc) is 3.37. The Balaban J connectivity index is 1.37. The summed E-state index contributed by atoms with van der Waals surface area (Å²) in [5, 5.41) is 9.74. The van der Waals surface area contributed by atoms with E-state index < -0.39 is 0 Å². The maximum atomic E-state index is 12.6. The van der Waals surface area contributed by atoms with Gasteiger partial charge in [0.25, 0.3) is 5.91 Å². The fourth-order valence-corrected chi connectivity index (χ4v) is 4.17. The molecule has 2 heterocycles. The van der Waals surface area contributed by atoms with Crippen LogP contribution in [0, 0.1) is 0 Å². The number of anilines is 2. The summed E-state index contributed by atoms with van der Waals surface area (Å²) < 4.78 is 0. The lowest BCUT2D eigenvalue weighted by Crippen LogP contribution is -2.11. The van der Waals surface area contributed by atoms with Crippen molar-refractivity contribution in [2.45, 2.75) is 0 Å². The molecule has 0 atom stereocenters. The van der Waals surface area contributed by atoms with E-state index in [9.17, 15) is 9.59 Å². The van der Waals surface area contributed by atoms with E-state index in [-0.39, 0.29) is 11.8 Å². The van der Waals surface area contributed by atoms with E-state index in [0.29, 0.717) is 17.8 Å². The minimum atomic E-state index is -0.181. The maximum absolute atomic E-state index is 12.6. The Kier molecular flexibility index (Phi) is 7.38. The van der Waals surface area contributed by atoms with Crippen molar-refractivity contribution in [2.24, 2.45) is 0 Å². The van der Waals surface area contributed by atoms with Gasteiger partial charge in [-0.25, -0.2) is 4.98 Å². The summed E-state index contributed by atoms with van der Waals surface area (Å²) in [4.78, 5) is 32.6. The number of rotatable bonds is 8. The monoisotopic (exact) mass is 501 g/mol. The minimum Gasteiger partial charge on any atom is -0.346 e. The lowest BCUT2D eigenvalue weighted by atomic mass is 10.0. The Morgan fingerprint density at radius 2 is 1.63 bits per heavy atom. The van der Waals surface area contributed by atoms with Gasteiger partial charge in [0.05, 0.1) is 0 Å². The Morgan fingerprint density at radius 1 is 0.842 bits per heavy atom. The number of carbonyl (C=O) groups excluding carboxylic acids is 2. The zero-order valence-electron chi connectivity index (χ0n) is 20.9. The molecule has 7 heteroatoms. The average molecular weight is 502 g/mol. The van der Waals surface area contributed by atoms with Gasteiger partial charge in [-0.15, -0.1) is 0 Å². The summed E-state index contributed by atoms with van der Waals surface area (Å²) in [6.45, 7) is 0.627. The molecule has 4 N–H and O–H groups in total. The third-order valence-corrected chi connectivity index (χ3v) is 6.08. The van der Waals surface area contributed by atoms with Crippen LogP contribution in [0.25, 0.3) is 33.3 Å². The first-order chi connectivity index (χ1) is 18.6. The lowest BCUT2D eigenvalue weighted by molar-refractivity contribution is -0.111. The van der Waals surface area contributed by atoms with Crippen LogP contribution in [0.3, 0.4) is 0 Å². The van der Waals surface area contributed by atoms with Crippen molar-refractivity contribution in [1.29, 1.82) is 0 Å². The summed E-state index contributed by atoms with van der Waals surface area (Å²) in [5.74, 6) is -0.338. The highest BCUT2D eigenvalue weighted by atomic mass is 16.2. The van der Waals surface area contributed by atoms with Gasteiger partial charge in [-0.05, 0) is 60.6 Å². The Morgan fingerprint density at radius 3 is 2.42 bits per heavy atom. The van der Waals surface area contributed by atoms with E-state index >= 15 is 0 Å². The van der Waals surface area contributed by atoms with Crippen molar-refractivity contribution in [3.05, 3.63) is 115 Å². The van der Waals surface area contributed by atoms with Crippen LogP contribution in [0.4, 0.5) is 11.4 Å². The summed E-state index contributed by atoms with van der Waals surface area (Å²) in [5.41, 5.74) is 6.65. The first-order valence-corrected chi connectivity index (χ1v) is 12.3. The molecule has 5 rings (SSSR count). The summed E-state index contributed by atoms with van der Waals surface area (Å²) in [6.07, 6.45) is 7.02. The van der Waals surface area contributed by atoms with E-state index in [2.05, 4.69) is 32.0 Å². The largest absolute Gasteiger partial charge is 0.346 e. The standard InChI is InChI=1S/C31H27N5O2/c1-32-16-6-11-29(37)35-26-10-5-7-23(17-26)24-18-27-28(20-34-30(27)33-19-24)21-12-14-22(15-13-21)31(38)36-25-8-3-2-4-9-25/h2-15,17-20,32H,16H2,1H3,(H,33,34)(H,35,37)(H,36,38). The van der Waals surface area contributed by atoms with Gasteiger partial charge in [-0.1, -0.05) is 48.5 Å². The van der Waals surface area contributed by atoms with Gasteiger partial charge in [0.1, 0.15) is 5.65 Å². The quantitative estimate of drug-likeness (QED) is 0.200. The number of carbonyl (C=O) groups is 2. The summed E-state index contributed by atoms with van der Waals surface area (Å²) in [6, 6.07) is 26.7. The van der Waals surface area contributed by atoms with Gasteiger partial charge in [0.15, 0.2) is 0 Å². The minimum absolute atomic E-state index is 0.157. The fraction of sp³-hybridized carbons (Fsp3) is 0.0645. The molecule has 0 unspecified atom stereocenters. The molecule has 7 nitrogen and oxygen atoms in total. The zero-order chi connectivity index (χ0) is 26.3. The lowest BCUT2D eigenvalue weighted by Gasteiger charge is -2.08. The van der Waals surface area contributed by atoms with Crippen LogP contribution < -0.4 is 16.0 Å². The van der Waals surface area contributed by atoms with Crippen LogP contribution in [0.5, 0.6) is 0 Å². The highest BCUT2D eigenvalue weighted by Gasteiger charge is 2.12. The molecule has 0 spiro atoms.